The van der Waals surface area contributed by atoms with Crippen LogP contribution in [0.2, 0.25) is 0 Å². The molecule has 0 heterocycles. The summed E-state index contributed by atoms with van der Waals surface area (Å²) in [5.74, 6) is 0. The van der Waals surface area contributed by atoms with Crippen molar-refractivity contribution in [3.63, 3.8) is 0 Å². The van der Waals surface area contributed by atoms with E-state index in [4.69, 9.17) is 5.73 Å². The molecule has 100 valence electrons. The Morgan fingerprint density at radius 1 is 1.44 bits per heavy atom. The van der Waals surface area contributed by atoms with Crippen LogP contribution >= 0.6 is 0 Å². The maximum atomic E-state index is 12.2. The summed E-state index contributed by atoms with van der Waals surface area (Å²) in [6.07, 6.45) is 2.50. The summed E-state index contributed by atoms with van der Waals surface area (Å²) in [5, 5.41) is 0. The minimum absolute atomic E-state index is 0.0660. The van der Waals surface area contributed by atoms with E-state index in [9.17, 15) is 4.21 Å². The molecule has 0 aromatic heterocycles. The molecule has 0 spiro atoms. The molecule has 3 nitrogen and oxygen atoms in total. The van der Waals surface area contributed by atoms with Crippen molar-refractivity contribution in [2.45, 2.75) is 38.0 Å². The van der Waals surface area contributed by atoms with Crippen molar-refractivity contribution in [3.05, 3.63) is 42.5 Å². The average Bonchev–Trinajstić information content (AvgIpc) is 2.28. The van der Waals surface area contributed by atoms with Gasteiger partial charge in [-0.1, -0.05) is 24.3 Å². The van der Waals surface area contributed by atoms with Crippen LogP contribution in [0.5, 0.6) is 0 Å². The first-order chi connectivity index (χ1) is 8.36. The Morgan fingerprint density at radius 2 is 2.06 bits per heavy atom. The smallest absolute Gasteiger partial charge is 0.0976 e. The second-order valence-electron chi connectivity index (χ2n) is 5.20. The van der Waals surface area contributed by atoms with Gasteiger partial charge in [0.15, 0.2) is 0 Å². The van der Waals surface area contributed by atoms with E-state index in [2.05, 4.69) is 11.3 Å². The second-order valence-corrected chi connectivity index (χ2v) is 7.20. The van der Waals surface area contributed by atoms with Gasteiger partial charge < -0.3 is 5.73 Å². The number of anilines is 1. The Balaban J connectivity index is 2.94. The molecule has 2 atom stereocenters. The van der Waals surface area contributed by atoms with Crippen molar-refractivity contribution in [1.82, 2.24) is 4.72 Å². The second kappa shape index (κ2) is 6.16. The van der Waals surface area contributed by atoms with E-state index >= 15 is 0 Å². The lowest BCUT2D eigenvalue weighted by atomic mass is 10.0. The Kier molecular flexibility index (Phi) is 5.11. The first-order valence-corrected chi connectivity index (χ1v) is 7.14. The minimum Gasteiger partial charge on any atom is -0.398 e. The third-order valence-electron chi connectivity index (χ3n) is 2.58. The van der Waals surface area contributed by atoms with Crippen LogP contribution in [0.3, 0.4) is 0 Å². The van der Waals surface area contributed by atoms with E-state index in [1.165, 1.54) is 0 Å². The van der Waals surface area contributed by atoms with Gasteiger partial charge in [-0.05, 0) is 38.8 Å². The molecule has 1 rings (SSSR count). The van der Waals surface area contributed by atoms with Gasteiger partial charge in [-0.2, -0.15) is 0 Å². The van der Waals surface area contributed by atoms with Crippen LogP contribution in [0.4, 0.5) is 5.69 Å². The van der Waals surface area contributed by atoms with Crippen LogP contribution in [0.1, 0.15) is 38.8 Å². The molecule has 0 aliphatic heterocycles. The van der Waals surface area contributed by atoms with Gasteiger partial charge in [-0.3, -0.25) is 0 Å². The first kappa shape index (κ1) is 14.9. The van der Waals surface area contributed by atoms with E-state index in [1.54, 1.807) is 0 Å². The maximum Gasteiger partial charge on any atom is 0.0976 e. The standard InChI is InChI=1S/C14H22N2OS/c1-5-8-13(16-18(17)14(2,3)4)11-9-6-7-10-12(11)15/h5-7,9-10,13,16H,1,8,15H2,2-4H3/t13-,18-/m1/s1. The van der Waals surface area contributed by atoms with Crippen molar-refractivity contribution in [1.29, 1.82) is 0 Å². The quantitative estimate of drug-likeness (QED) is 0.636. The third kappa shape index (κ3) is 3.96. The van der Waals surface area contributed by atoms with Crippen LogP contribution in [0.15, 0.2) is 36.9 Å². The fourth-order valence-electron chi connectivity index (χ4n) is 1.54. The summed E-state index contributed by atoms with van der Waals surface area (Å²) in [7, 11) is -1.13. The summed E-state index contributed by atoms with van der Waals surface area (Å²) < 4.78 is 15.0. The largest absolute Gasteiger partial charge is 0.398 e. The molecule has 0 aliphatic rings. The van der Waals surface area contributed by atoms with E-state index in [-0.39, 0.29) is 10.8 Å². The van der Waals surface area contributed by atoms with Gasteiger partial charge in [0.05, 0.1) is 15.7 Å². The molecule has 3 N–H and O–H groups in total. The molecule has 0 bridgehead atoms. The van der Waals surface area contributed by atoms with Crippen molar-refractivity contribution in [2.24, 2.45) is 0 Å². The lowest BCUT2D eigenvalue weighted by molar-refractivity contribution is 0.602. The number of nitrogens with two attached hydrogens (primary N) is 1. The highest BCUT2D eigenvalue weighted by Gasteiger charge is 2.23. The number of para-hydroxylation sites is 1. The van der Waals surface area contributed by atoms with Crippen LogP contribution in [0, 0.1) is 0 Å². The summed E-state index contributed by atoms with van der Waals surface area (Å²) in [4.78, 5) is 0. The van der Waals surface area contributed by atoms with Crippen molar-refractivity contribution >= 4 is 16.7 Å². The Labute approximate surface area is 112 Å². The predicted octanol–water partition coefficient (Wildman–Crippen LogP) is 2.94. The molecule has 0 radical (unpaired) electrons. The number of benzene rings is 1. The van der Waals surface area contributed by atoms with E-state index in [0.717, 1.165) is 5.56 Å². The van der Waals surface area contributed by atoms with Crippen LogP contribution in [-0.4, -0.2) is 8.96 Å². The van der Waals surface area contributed by atoms with Crippen molar-refractivity contribution < 1.29 is 4.21 Å². The van der Waals surface area contributed by atoms with Gasteiger partial charge in [0.25, 0.3) is 0 Å². The molecule has 0 saturated heterocycles. The zero-order chi connectivity index (χ0) is 13.8. The molecule has 1 aromatic carbocycles. The summed E-state index contributed by atoms with van der Waals surface area (Å²) >= 11 is 0. The molecule has 0 aliphatic carbocycles. The summed E-state index contributed by atoms with van der Waals surface area (Å²) in [6.45, 7) is 9.57. The van der Waals surface area contributed by atoms with Crippen LogP contribution < -0.4 is 10.5 Å². The predicted molar refractivity (Wildman–Crippen MR) is 79.4 cm³/mol. The van der Waals surface area contributed by atoms with Crippen molar-refractivity contribution in [3.8, 4) is 0 Å². The number of hydrogen-bond acceptors (Lipinski definition) is 2. The molecule has 4 heteroatoms. The van der Waals surface area contributed by atoms with Gasteiger partial charge >= 0.3 is 0 Å². The summed E-state index contributed by atoms with van der Waals surface area (Å²) in [5.41, 5.74) is 7.64. The maximum absolute atomic E-state index is 12.2. The van der Waals surface area contributed by atoms with Crippen LogP contribution in [-0.2, 0) is 11.0 Å². The molecule has 0 fully saturated rings. The highest BCUT2D eigenvalue weighted by molar-refractivity contribution is 7.84. The third-order valence-corrected chi connectivity index (χ3v) is 4.19. The Morgan fingerprint density at radius 3 is 2.56 bits per heavy atom. The average molecular weight is 266 g/mol. The van der Waals surface area contributed by atoms with Gasteiger partial charge in [0, 0.05) is 11.7 Å². The fourth-order valence-corrected chi connectivity index (χ4v) is 2.37. The normalized spacial score (nSPS) is 15.1. The van der Waals surface area contributed by atoms with Crippen LogP contribution in [0.25, 0.3) is 0 Å². The number of rotatable bonds is 5. The fraction of sp³-hybridized carbons (Fsp3) is 0.429. The topological polar surface area (TPSA) is 55.1 Å². The lowest BCUT2D eigenvalue weighted by Gasteiger charge is -2.24. The van der Waals surface area contributed by atoms with Crippen molar-refractivity contribution in [2.75, 3.05) is 5.73 Å². The number of nitrogens with one attached hydrogen (secondary N) is 1. The monoisotopic (exact) mass is 266 g/mol. The Hall–Kier alpha value is -1.13. The zero-order valence-electron chi connectivity index (χ0n) is 11.3. The van der Waals surface area contributed by atoms with E-state index in [1.807, 2.05) is 51.1 Å². The van der Waals surface area contributed by atoms with Gasteiger partial charge in [-0.15, -0.1) is 6.58 Å². The lowest BCUT2D eigenvalue weighted by Crippen LogP contribution is -2.35. The minimum atomic E-state index is -1.13. The SMILES string of the molecule is C=CC[C@@H](N[S@](=O)C(C)(C)C)c1ccccc1N. The highest BCUT2D eigenvalue weighted by Crippen LogP contribution is 2.25. The molecular weight excluding hydrogens is 244 g/mol. The zero-order valence-corrected chi connectivity index (χ0v) is 12.1. The van der Waals surface area contributed by atoms with E-state index in [0.29, 0.717) is 12.1 Å². The van der Waals surface area contributed by atoms with Gasteiger partial charge in [0.2, 0.25) is 0 Å². The Bertz CT molecular complexity index is 438. The molecule has 0 amide bonds. The molecule has 0 unspecified atom stereocenters. The number of nitrogen functional groups attached to an aromatic ring is 1. The number of hydrogen-bond donors (Lipinski definition) is 2. The van der Waals surface area contributed by atoms with E-state index < -0.39 is 11.0 Å². The molecule has 18 heavy (non-hydrogen) atoms. The summed E-state index contributed by atoms with van der Waals surface area (Å²) in [6, 6.07) is 7.57. The van der Waals surface area contributed by atoms with Gasteiger partial charge in [-0.25, -0.2) is 8.93 Å². The molecular formula is C14H22N2OS. The molecule has 0 saturated carbocycles. The molecule has 1 aromatic rings. The van der Waals surface area contributed by atoms with Gasteiger partial charge in [0.1, 0.15) is 0 Å². The first-order valence-electron chi connectivity index (χ1n) is 5.99. The highest BCUT2D eigenvalue weighted by atomic mass is 32.2.